The Labute approximate surface area is 71.2 Å². The fraction of sp³-hybridized carbons (Fsp3) is 1.00. The second-order valence-corrected chi connectivity index (χ2v) is 4.72. The highest BCUT2D eigenvalue weighted by Crippen LogP contribution is 2.26. The number of hydrogen-bond acceptors (Lipinski definition) is 2. The first-order valence-electron chi connectivity index (χ1n) is 4.09. The van der Waals surface area contributed by atoms with E-state index in [9.17, 15) is 16.7 Å². The number of halogens is 2. The Hall–Kier alpha value is -0.190. The van der Waals surface area contributed by atoms with Crippen molar-refractivity contribution in [3.63, 3.8) is 0 Å². The second kappa shape index (κ2) is 3.68. The summed E-state index contributed by atoms with van der Waals surface area (Å²) in [5, 5.41) is -1.40. The largest absolute Gasteiger partial charge is 0.308 e. The summed E-state index contributed by atoms with van der Waals surface area (Å²) in [4.78, 5) is 0. The normalized spacial score (nSPS) is 32.8. The quantitative estimate of drug-likeness (QED) is 0.476. The lowest BCUT2D eigenvalue weighted by atomic mass is 10.2. The van der Waals surface area contributed by atoms with Crippen LogP contribution in [-0.2, 0) is 10.2 Å². The predicted octanol–water partition coefficient (Wildman–Crippen LogP) is 1.96. The van der Waals surface area contributed by atoms with Crippen molar-refractivity contribution >= 4 is 10.2 Å². The van der Waals surface area contributed by atoms with Gasteiger partial charge in [-0.05, 0) is 12.8 Å². The van der Waals surface area contributed by atoms with E-state index >= 15 is 0 Å². The Morgan fingerprint density at radius 1 is 1.08 bits per heavy atom. The first kappa shape index (κ1) is 9.89. The van der Waals surface area contributed by atoms with E-state index in [1.807, 2.05) is 0 Å². The maximum Gasteiger partial charge on any atom is 0.308 e. The van der Waals surface area contributed by atoms with E-state index < -0.39 is 21.6 Å². The van der Waals surface area contributed by atoms with Gasteiger partial charge in [0.1, 0.15) is 11.4 Å². The van der Waals surface area contributed by atoms with Crippen LogP contribution in [0.3, 0.4) is 0 Å². The first-order chi connectivity index (χ1) is 5.52. The predicted molar refractivity (Wildman–Crippen MR) is 41.8 cm³/mol. The molecular formula is C7H12F2O2S. The maximum absolute atomic E-state index is 13.0. The van der Waals surface area contributed by atoms with Crippen molar-refractivity contribution in [2.75, 3.05) is 0 Å². The van der Waals surface area contributed by atoms with Crippen molar-refractivity contribution in [2.45, 2.75) is 43.5 Å². The van der Waals surface area contributed by atoms with Gasteiger partial charge in [0.15, 0.2) is 0 Å². The number of rotatable bonds is 1. The minimum Gasteiger partial charge on any atom is -0.246 e. The SMILES string of the molecule is O=S(=O)(F)[C@H]1CCCCC[C@H]1F. The summed E-state index contributed by atoms with van der Waals surface area (Å²) in [5.41, 5.74) is 0. The zero-order chi connectivity index (χ0) is 9.19. The molecule has 2 atom stereocenters. The van der Waals surface area contributed by atoms with Gasteiger partial charge in [-0.2, -0.15) is 8.42 Å². The molecule has 0 aromatic rings. The molecule has 1 fully saturated rings. The molecule has 0 radical (unpaired) electrons. The topological polar surface area (TPSA) is 34.1 Å². The number of hydrogen-bond donors (Lipinski definition) is 0. The highest BCUT2D eigenvalue weighted by molar-refractivity contribution is 7.87. The summed E-state index contributed by atoms with van der Waals surface area (Å²) in [5.74, 6) is 0. The van der Waals surface area contributed by atoms with Crippen LogP contribution in [0.15, 0.2) is 0 Å². The lowest BCUT2D eigenvalue weighted by molar-refractivity contribution is 0.297. The highest BCUT2D eigenvalue weighted by Gasteiger charge is 2.34. The van der Waals surface area contributed by atoms with E-state index in [2.05, 4.69) is 0 Å². The van der Waals surface area contributed by atoms with E-state index in [1.165, 1.54) is 0 Å². The van der Waals surface area contributed by atoms with E-state index in [4.69, 9.17) is 0 Å². The molecule has 1 saturated carbocycles. The molecule has 0 aromatic carbocycles. The maximum atomic E-state index is 13.0. The van der Waals surface area contributed by atoms with Crippen LogP contribution in [0.4, 0.5) is 8.28 Å². The van der Waals surface area contributed by atoms with Gasteiger partial charge in [-0.1, -0.05) is 19.3 Å². The van der Waals surface area contributed by atoms with Crippen molar-refractivity contribution in [3.8, 4) is 0 Å². The molecule has 1 rings (SSSR count). The summed E-state index contributed by atoms with van der Waals surface area (Å²) in [6.07, 6.45) is 0.851. The van der Waals surface area contributed by atoms with Gasteiger partial charge in [-0.25, -0.2) is 4.39 Å². The molecule has 0 bridgehead atoms. The molecule has 0 aliphatic heterocycles. The van der Waals surface area contributed by atoms with Gasteiger partial charge in [0, 0.05) is 0 Å². The van der Waals surface area contributed by atoms with Gasteiger partial charge < -0.3 is 0 Å². The van der Waals surface area contributed by atoms with Gasteiger partial charge in [-0.3, -0.25) is 0 Å². The molecule has 0 spiro atoms. The Morgan fingerprint density at radius 2 is 1.67 bits per heavy atom. The van der Waals surface area contributed by atoms with Crippen LogP contribution < -0.4 is 0 Å². The zero-order valence-electron chi connectivity index (χ0n) is 6.67. The van der Waals surface area contributed by atoms with Crippen molar-refractivity contribution in [1.82, 2.24) is 0 Å². The van der Waals surface area contributed by atoms with Crippen LogP contribution in [0, 0.1) is 0 Å². The van der Waals surface area contributed by atoms with Crippen molar-refractivity contribution in [3.05, 3.63) is 0 Å². The zero-order valence-corrected chi connectivity index (χ0v) is 7.49. The molecule has 72 valence electrons. The first-order valence-corrected chi connectivity index (χ1v) is 5.54. The molecule has 0 amide bonds. The summed E-state index contributed by atoms with van der Waals surface area (Å²) in [6, 6.07) is 0. The van der Waals surface area contributed by atoms with Gasteiger partial charge in [0.05, 0.1) is 0 Å². The Morgan fingerprint density at radius 3 is 2.25 bits per heavy atom. The van der Waals surface area contributed by atoms with Gasteiger partial charge >= 0.3 is 10.2 Å². The second-order valence-electron chi connectivity index (χ2n) is 3.17. The molecule has 12 heavy (non-hydrogen) atoms. The monoisotopic (exact) mass is 198 g/mol. The standard InChI is InChI=1S/C7H12F2O2S/c8-6-4-2-1-3-5-7(6)12(9,10)11/h6-7H,1-5H2/t6-,7+/m1/s1. The minimum absolute atomic E-state index is 0.125. The van der Waals surface area contributed by atoms with Gasteiger partial charge in [0.2, 0.25) is 0 Å². The Bertz CT molecular complexity index is 238. The lowest BCUT2D eigenvalue weighted by Crippen LogP contribution is -2.27. The lowest BCUT2D eigenvalue weighted by Gasteiger charge is -2.12. The fourth-order valence-corrected chi connectivity index (χ4v) is 2.48. The molecule has 5 heteroatoms. The van der Waals surface area contributed by atoms with Crippen LogP contribution in [0.1, 0.15) is 32.1 Å². The average Bonchev–Trinajstić information content (AvgIpc) is 2.11. The fourth-order valence-electron chi connectivity index (χ4n) is 1.55. The summed E-state index contributed by atoms with van der Waals surface area (Å²) < 4.78 is 46.3. The molecule has 0 aromatic heterocycles. The van der Waals surface area contributed by atoms with Crippen LogP contribution in [0.25, 0.3) is 0 Å². The molecule has 1 aliphatic rings. The summed E-state index contributed by atoms with van der Waals surface area (Å²) in [7, 11) is -4.67. The third kappa shape index (κ3) is 2.40. The minimum atomic E-state index is -4.67. The molecule has 0 N–H and O–H groups in total. The van der Waals surface area contributed by atoms with Crippen LogP contribution >= 0.6 is 0 Å². The Kier molecular flexibility index (Phi) is 3.04. The van der Waals surface area contributed by atoms with E-state index in [-0.39, 0.29) is 12.8 Å². The Balaban J connectivity index is 2.72. The number of alkyl halides is 1. The summed E-state index contributed by atoms with van der Waals surface area (Å²) in [6.45, 7) is 0. The molecule has 0 heterocycles. The average molecular weight is 198 g/mol. The van der Waals surface area contributed by atoms with Crippen molar-refractivity contribution in [1.29, 1.82) is 0 Å². The van der Waals surface area contributed by atoms with E-state index in [1.54, 1.807) is 0 Å². The molecule has 1 aliphatic carbocycles. The molecule has 2 nitrogen and oxygen atoms in total. The highest BCUT2D eigenvalue weighted by atomic mass is 32.3. The van der Waals surface area contributed by atoms with Crippen LogP contribution in [0.5, 0.6) is 0 Å². The smallest absolute Gasteiger partial charge is 0.246 e. The molecule has 0 unspecified atom stereocenters. The third-order valence-corrected chi connectivity index (χ3v) is 3.49. The summed E-state index contributed by atoms with van der Waals surface area (Å²) >= 11 is 0. The van der Waals surface area contributed by atoms with E-state index in [0.717, 1.165) is 6.42 Å². The van der Waals surface area contributed by atoms with Crippen LogP contribution in [0.2, 0.25) is 0 Å². The molecular weight excluding hydrogens is 186 g/mol. The third-order valence-electron chi connectivity index (χ3n) is 2.23. The van der Waals surface area contributed by atoms with Crippen molar-refractivity contribution < 1.29 is 16.7 Å². The van der Waals surface area contributed by atoms with Crippen LogP contribution in [-0.4, -0.2) is 19.8 Å². The van der Waals surface area contributed by atoms with E-state index in [0.29, 0.717) is 12.8 Å². The van der Waals surface area contributed by atoms with Gasteiger partial charge in [-0.15, -0.1) is 3.89 Å². The molecule has 0 saturated heterocycles. The van der Waals surface area contributed by atoms with Crippen molar-refractivity contribution in [2.24, 2.45) is 0 Å². The van der Waals surface area contributed by atoms with Gasteiger partial charge in [0.25, 0.3) is 0 Å².